The molecule has 4 nitrogen and oxygen atoms in total. The second-order valence-electron chi connectivity index (χ2n) is 3.88. The van der Waals surface area contributed by atoms with Gasteiger partial charge in [0.05, 0.1) is 22.6 Å². The Labute approximate surface area is 125 Å². The number of nitrogens with one attached hydrogen (secondary N) is 1. The van der Waals surface area contributed by atoms with Crippen LogP contribution in [0.15, 0.2) is 18.3 Å². The van der Waals surface area contributed by atoms with Gasteiger partial charge in [-0.25, -0.2) is 4.98 Å². The fourth-order valence-corrected chi connectivity index (χ4v) is 2.97. The SMILES string of the molecule is CCc1ccc(C(=O)Nc2ncc(C#CCCO)s2)s1. The zero-order valence-electron chi connectivity index (χ0n) is 11.0. The molecule has 0 aromatic carbocycles. The van der Waals surface area contributed by atoms with Crippen molar-refractivity contribution in [1.29, 1.82) is 0 Å². The normalized spacial score (nSPS) is 9.90. The average molecular weight is 306 g/mol. The molecular weight excluding hydrogens is 292 g/mol. The molecule has 2 rings (SSSR count). The van der Waals surface area contributed by atoms with Crippen molar-refractivity contribution in [2.75, 3.05) is 11.9 Å². The van der Waals surface area contributed by atoms with Crippen LogP contribution in [0.1, 0.15) is 32.8 Å². The van der Waals surface area contributed by atoms with Crippen LogP contribution in [0.2, 0.25) is 0 Å². The van der Waals surface area contributed by atoms with Crippen LogP contribution in [0.4, 0.5) is 5.13 Å². The molecule has 2 heterocycles. The van der Waals surface area contributed by atoms with Crippen LogP contribution < -0.4 is 5.32 Å². The predicted octanol–water partition coefficient (Wildman–Crippen LogP) is 2.75. The third-order valence-corrected chi connectivity index (χ3v) is 4.46. The maximum atomic E-state index is 12.0. The first kappa shape index (κ1) is 14.7. The van der Waals surface area contributed by atoms with Gasteiger partial charge in [-0.05, 0) is 18.6 Å². The number of amides is 1. The van der Waals surface area contributed by atoms with Gasteiger partial charge in [-0.3, -0.25) is 10.1 Å². The molecule has 20 heavy (non-hydrogen) atoms. The van der Waals surface area contributed by atoms with Crippen LogP contribution in [0.3, 0.4) is 0 Å². The highest BCUT2D eigenvalue weighted by molar-refractivity contribution is 7.16. The Kier molecular flexibility index (Phi) is 5.30. The molecular formula is C14H14N2O2S2. The maximum Gasteiger partial charge on any atom is 0.267 e. The van der Waals surface area contributed by atoms with Crippen LogP contribution in [-0.4, -0.2) is 22.6 Å². The number of anilines is 1. The topological polar surface area (TPSA) is 62.2 Å². The van der Waals surface area contributed by atoms with Crippen molar-refractivity contribution in [3.8, 4) is 11.8 Å². The lowest BCUT2D eigenvalue weighted by atomic mass is 10.3. The fraction of sp³-hybridized carbons (Fsp3) is 0.286. The van der Waals surface area contributed by atoms with Gasteiger partial charge in [0.2, 0.25) is 0 Å². The van der Waals surface area contributed by atoms with Crippen molar-refractivity contribution < 1.29 is 9.90 Å². The summed E-state index contributed by atoms with van der Waals surface area (Å²) in [5.74, 6) is 5.57. The number of aliphatic hydroxyl groups is 1. The van der Waals surface area contributed by atoms with E-state index in [0.29, 0.717) is 16.4 Å². The highest BCUT2D eigenvalue weighted by Gasteiger charge is 2.10. The number of aromatic nitrogens is 1. The van der Waals surface area contributed by atoms with E-state index >= 15 is 0 Å². The number of hydrogen-bond acceptors (Lipinski definition) is 5. The van der Waals surface area contributed by atoms with Gasteiger partial charge >= 0.3 is 0 Å². The summed E-state index contributed by atoms with van der Waals surface area (Å²) in [7, 11) is 0. The van der Waals surface area contributed by atoms with E-state index in [1.165, 1.54) is 27.6 Å². The Morgan fingerprint density at radius 2 is 2.30 bits per heavy atom. The Hall–Kier alpha value is -1.68. The van der Waals surface area contributed by atoms with E-state index in [9.17, 15) is 4.79 Å². The second-order valence-corrected chi connectivity index (χ2v) is 6.08. The molecule has 0 aliphatic rings. The van der Waals surface area contributed by atoms with E-state index < -0.39 is 0 Å². The molecule has 6 heteroatoms. The van der Waals surface area contributed by atoms with Gasteiger partial charge in [0, 0.05) is 11.3 Å². The quantitative estimate of drug-likeness (QED) is 0.854. The summed E-state index contributed by atoms with van der Waals surface area (Å²) in [6, 6.07) is 3.79. The van der Waals surface area contributed by atoms with Crippen molar-refractivity contribution in [3.63, 3.8) is 0 Å². The second kappa shape index (κ2) is 7.20. The largest absolute Gasteiger partial charge is 0.395 e. The third-order valence-electron chi connectivity index (χ3n) is 2.41. The summed E-state index contributed by atoms with van der Waals surface area (Å²) >= 11 is 2.82. The number of aryl methyl sites for hydroxylation is 1. The van der Waals surface area contributed by atoms with Gasteiger partial charge in [-0.2, -0.15) is 0 Å². The summed E-state index contributed by atoms with van der Waals surface area (Å²) in [6.45, 7) is 2.11. The van der Waals surface area contributed by atoms with Gasteiger partial charge in [-0.15, -0.1) is 11.3 Å². The fourth-order valence-electron chi connectivity index (χ4n) is 1.44. The molecule has 104 valence electrons. The molecule has 2 aromatic heterocycles. The number of carbonyl (C=O) groups is 1. The van der Waals surface area contributed by atoms with Gasteiger partial charge in [0.25, 0.3) is 5.91 Å². The lowest BCUT2D eigenvalue weighted by Crippen LogP contribution is -2.09. The minimum Gasteiger partial charge on any atom is -0.395 e. The van der Waals surface area contributed by atoms with Gasteiger partial charge in [0.1, 0.15) is 0 Å². The lowest BCUT2D eigenvalue weighted by Gasteiger charge is -1.97. The van der Waals surface area contributed by atoms with Crippen molar-refractivity contribution in [2.45, 2.75) is 19.8 Å². The molecule has 0 saturated carbocycles. The zero-order valence-corrected chi connectivity index (χ0v) is 12.6. The van der Waals surface area contributed by atoms with Gasteiger partial charge < -0.3 is 5.11 Å². The smallest absolute Gasteiger partial charge is 0.267 e. The van der Waals surface area contributed by atoms with Crippen LogP contribution in [0.5, 0.6) is 0 Å². The number of nitrogens with zero attached hydrogens (tertiary/aromatic N) is 1. The summed E-state index contributed by atoms with van der Waals surface area (Å²) in [6.07, 6.45) is 2.99. The molecule has 0 fully saturated rings. The Balaban J connectivity index is 2.00. The minimum absolute atomic E-state index is 0.0491. The first-order valence-electron chi connectivity index (χ1n) is 6.18. The summed E-state index contributed by atoms with van der Waals surface area (Å²) in [5.41, 5.74) is 0. The van der Waals surface area contributed by atoms with Gasteiger partial charge in [0.15, 0.2) is 5.13 Å². The van der Waals surface area contributed by atoms with Crippen molar-refractivity contribution in [3.05, 3.63) is 33.0 Å². The monoisotopic (exact) mass is 306 g/mol. The molecule has 0 spiro atoms. The van der Waals surface area contributed by atoms with E-state index in [4.69, 9.17) is 5.11 Å². The Morgan fingerprint density at radius 1 is 1.45 bits per heavy atom. The van der Waals surface area contributed by atoms with Crippen LogP contribution in [-0.2, 0) is 6.42 Å². The Morgan fingerprint density at radius 3 is 3.00 bits per heavy atom. The first-order valence-corrected chi connectivity index (χ1v) is 7.82. The van der Waals surface area contributed by atoms with Crippen LogP contribution in [0.25, 0.3) is 0 Å². The molecule has 2 N–H and O–H groups in total. The summed E-state index contributed by atoms with van der Waals surface area (Å²) in [4.78, 5) is 18.8. The first-order chi connectivity index (χ1) is 9.72. The molecule has 0 atom stereocenters. The lowest BCUT2D eigenvalue weighted by molar-refractivity contribution is 0.103. The van der Waals surface area contributed by atoms with Crippen molar-refractivity contribution in [1.82, 2.24) is 4.98 Å². The third kappa shape index (κ3) is 3.90. The highest BCUT2D eigenvalue weighted by atomic mass is 32.1. The molecule has 0 bridgehead atoms. The van der Waals surface area contributed by atoms with Crippen LogP contribution >= 0.6 is 22.7 Å². The van der Waals surface area contributed by atoms with E-state index in [1.54, 1.807) is 6.20 Å². The minimum atomic E-state index is -0.140. The molecule has 0 saturated heterocycles. The van der Waals surface area contributed by atoms with E-state index in [2.05, 4.69) is 29.1 Å². The van der Waals surface area contributed by atoms with Crippen molar-refractivity contribution in [2.24, 2.45) is 0 Å². The summed E-state index contributed by atoms with van der Waals surface area (Å²) < 4.78 is 0. The zero-order chi connectivity index (χ0) is 14.4. The van der Waals surface area contributed by atoms with E-state index in [1.807, 2.05) is 12.1 Å². The number of aliphatic hydroxyl groups excluding tert-OH is 1. The number of thiazole rings is 1. The standard InChI is InChI=1S/C14H14N2O2S2/c1-2-10-6-7-12(19-10)13(18)16-14-15-9-11(20-14)5-3-4-8-17/h6-7,9,17H,2,4,8H2,1H3,(H,15,16,18). The Bertz CT molecular complexity index is 649. The number of hydrogen-bond donors (Lipinski definition) is 2. The number of carbonyl (C=O) groups excluding carboxylic acids is 1. The number of thiophene rings is 1. The molecule has 0 unspecified atom stereocenters. The molecule has 0 radical (unpaired) electrons. The molecule has 1 amide bonds. The molecule has 2 aromatic rings. The van der Waals surface area contributed by atoms with Crippen molar-refractivity contribution >= 4 is 33.7 Å². The molecule has 0 aliphatic carbocycles. The highest BCUT2D eigenvalue weighted by Crippen LogP contribution is 2.21. The maximum absolute atomic E-state index is 12.0. The average Bonchev–Trinajstić information content (AvgIpc) is 3.08. The van der Waals surface area contributed by atoms with E-state index in [-0.39, 0.29) is 12.5 Å². The molecule has 0 aliphatic heterocycles. The van der Waals surface area contributed by atoms with E-state index in [0.717, 1.165) is 11.3 Å². The van der Waals surface area contributed by atoms with Crippen LogP contribution in [0, 0.1) is 11.8 Å². The predicted molar refractivity (Wildman–Crippen MR) is 82.3 cm³/mol. The summed E-state index contributed by atoms with van der Waals surface area (Å²) in [5, 5.41) is 12.0. The van der Waals surface area contributed by atoms with Gasteiger partial charge in [-0.1, -0.05) is 30.1 Å². The number of rotatable bonds is 4.